The number of anilines is 1. The maximum absolute atomic E-state index is 13.0. The van der Waals surface area contributed by atoms with Gasteiger partial charge in [0, 0.05) is 6.54 Å². The third kappa shape index (κ3) is 2.14. The van der Waals surface area contributed by atoms with Gasteiger partial charge in [0.1, 0.15) is 4.90 Å². The van der Waals surface area contributed by atoms with Gasteiger partial charge in [-0.3, -0.25) is 9.40 Å². The van der Waals surface area contributed by atoms with Gasteiger partial charge in [0.25, 0.3) is 10.0 Å². The van der Waals surface area contributed by atoms with Crippen molar-refractivity contribution in [3.05, 3.63) is 41.2 Å². The van der Waals surface area contributed by atoms with E-state index in [-0.39, 0.29) is 0 Å². The molecule has 2 aromatic rings. The summed E-state index contributed by atoms with van der Waals surface area (Å²) in [4.78, 5) is 0.298. The molecule has 0 radical (unpaired) electrons. The van der Waals surface area contributed by atoms with Crippen molar-refractivity contribution >= 4 is 15.7 Å². The Morgan fingerprint density at radius 1 is 1.29 bits per heavy atom. The number of H-pyrrole nitrogens is 1. The SMILES string of the molecule is Cc1n[nH]c(C)c1S(=O)(=O)N1CCC(C)c2ccccc21. The van der Waals surface area contributed by atoms with Crippen LogP contribution in [0.3, 0.4) is 0 Å². The van der Waals surface area contributed by atoms with Crippen LogP contribution in [0.25, 0.3) is 0 Å². The van der Waals surface area contributed by atoms with Crippen LogP contribution < -0.4 is 4.31 Å². The lowest BCUT2D eigenvalue weighted by molar-refractivity contribution is 0.577. The average Bonchev–Trinajstić information content (AvgIpc) is 2.79. The molecule has 21 heavy (non-hydrogen) atoms. The fourth-order valence-electron chi connectivity index (χ4n) is 3.00. The quantitative estimate of drug-likeness (QED) is 0.927. The zero-order chi connectivity index (χ0) is 15.2. The van der Waals surface area contributed by atoms with Crippen LogP contribution in [0.2, 0.25) is 0 Å². The molecule has 1 aliphatic rings. The summed E-state index contributed by atoms with van der Waals surface area (Å²) in [6.45, 7) is 6.10. The molecule has 1 aromatic heterocycles. The topological polar surface area (TPSA) is 66.1 Å². The van der Waals surface area contributed by atoms with Crippen LogP contribution in [0.4, 0.5) is 5.69 Å². The third-order valence-electron chi connectivity index (χ3n) is 4.11. The van der Waals surface area contributed by atoms with Gasteiger partial charge in [0.2, 0.25) is 0 Å². The van der Waals surface area contributed by atoms with E-state index in [0.29, 0.717) is 28.7 Å². The Morgan fingerprint density at radius 2 is 2.00 bits per heavy atom. The minimum Gasteiger partial charge on any atom is -0.281 e. The molecule has 0 saturated heterocycles. The summed E-state index contributed by atoms with van der Waals surface area (Å²) in [7, 11) is -3.58. The van der Waals surface area contributed by atoms with Crippen molar-refractivity contribution in [2.75, 3.05) is 10.8 Å². The largest absolute Gasteiger partial charge is 0.281 e. The third-order valence-corrected chi connectivity index (χ3v) is 6.19. The Morgan fingerprint density at radius 3 is 2.67 bits per heavy atom. The molecule has 1 aromatic carbocycles. The minimum absolute atomic E-state index is 0.298. The van der Waals surface area contributed by atoms with Crippen molar-refractivity contribution in [2.45, 2.75) is 38.0 Å². The van der Waals surface area contributed by atoms with Gasteiger partial charge in [-0.05, 0) is 37.8 Å². The smallest absolute Gasteiger partial charge is 0.267 e. The first kappa shape index (κ1) is 14.1. The zero-order valence-corrected chi connectivity index (χ0v) is 13.2. The Hall–Kier alpha value is -1.82. The van der Waals surface area contributed by atoms with Gasteiger partial charge in [-0.15, -0.1) is 0 Å². The Labute approximate surface area is 125 Å². The van der Waals surface area contributed by atoms with Crippen LogP contribution >= 0.6 is 0 Å². The van der Waals surface area contributed by atoms with E-state index in [9.17, 15) is 8.42 Å². The lowest BCUT2D eigenvalue weighted by Gasteiger charge is -2.33. The van der Waals surface area contributed by atoms with Gasteiger partial charge in [-0.1, -0.05) is 25.1 Å². The van der Waals surface area contributed by atoms with E-state index >= 15 is 0 Å². The van der Waals surface area contributed by atoms with Crippen LogP contribution in [0.1, 0.15) is 36.2 Å². The number of aryl methyl sites for hydroxylation is 2. The number of hydrogen-bond donors (Lipinski definition) is 1. The molecular formula is C15H19N3O2S. The van der Waals surface area contributed by atoms with Gasteiger partial charge in [-0.25, -0.2) is 8.42 Å². The van der Waals surface area contributed by atoms with Crippen molar-refractivity contribution in [3.8, 4) is 0 Å². The second-order valence-corrected chi connectivity index (χ2v) is 7.39. The van der Waals surface area contributed by atoms with E-state index in [2.05, 4.69) is 17.1 Å². The Balaban J connectivity index is 2.16. The maximum atomic E-state index is 13.0. The van der Waals surface area contributed by atoms with Crippen LogP contribution in [0.5, 0.6) is 0 Å². The lowest BCUT2D eigenvalue weighted by Crippen LogP contribution is -2.36. The molecule has 0 aliphatic carbocycles. The molecule has 2 heterocycles. The molecule has 0 fully saturated rings. The summed E-state index contributed by atoms with van der Waals surface area (Å²) >= 11 is 0. The number of hydrogen-bond acceptors (Lipinski definition) is 3. The molecule has 1 unspecified atom stereocenters. The monoisotopic (exact) mass is 305 g/mol. The summed E-state index contributed by atoms with van der Waals surface area (Å²) in [5.74, 6) is 0.374. The molecule has 1 aliphatic heterocycles. The number of rotatable bonds is 2. The van der Waals surface area contributed by atoms with Crippen molar-refractivity contribution in [2.24, 2.45) is 0 Å². The molecular weight excluding hydrogens is 286 g/mol. The van der Waals surface area contributed by atoms with Crippen molar-refractivity contribution < 1.29 is 8.42 Å². The zero-order valence-electron chi connectivity index (χ0n) is 12.4. The normalized spacial score (nSPS) is 18.6. The number of fused-ring (bicyclic) bond motifs is 1. The predicted octanol–water partition coefficient (Wildman–Crippen LogP) is 2.73. The highest BCUT2D eigenvalue weighted by Crippen LogP contribution is 2.38. The van der Waals surface area contributed by atoms with Crippen LogP contribution in [-0.2, 0) is 10.0 Å². The van der Waals surface area contributed by atoms with Crippen LogP contribution in [0, 0.1) is 13.8 Å². The Kier molecular flexibility index (Phi) is 3.28. The number of nitrogens with zero attached hydrogens (tertiary/aromatic N) is 2. The van der Waals surface area contributed by atoms with Gasteiger partial charge in [0.15, 0.2) is 0 Å². The number of nitrogens with one attached hydrogen (secondary N) is 1. The summed E-state index contributed by atoms with van der Waals surface area (Å²) in [5.41, 5.74) is 2.98. The molecule has 0 saturated carbocycles. The average molecular weight is 305 g/mol. The summed E-state index contributed by atoms with van der Waals surface area (Å²) in [5, 5.41) is 6.78. The summed E-state index contributed by atoms with van der Waals surface area (Å²) in [6.07, 6.45) is 0.826. The molecule has 0 amide bonds. The molecule has 1 N–H and O–H groups in total. The Bertz CT molecular complexity index is 760. The van der Waals surface area contributed by atoms with Gasteiger partial charge in [-0.2, -0.15) is 5.10 Å². The fourth-order valence-corrected chi connectivity index (χ4v) is 4.84. The molecule has 0 bridgehead atoms. The highest BCUT2D eigenvalue weighted by atomic mass is 32.2. The van der Waals surface area contributed by atoms with Gasteiger partial charge in [0.05, 0.1) is 17.1 Å². The first-order valence-electron chi connectivity index (χ1n) is 7.06. The summed E-state index contributed by atoms with van der Waals surface area (Å²) < 4.78 is 27.6. The van der Waals surface area contributed by atoms with Crippen LogP contribution in [-0.4, -0.2) is 25.2 Å². The highest BCUT2D eigenvalue weighted by molar-refractivity contribution is 7.93. The van der Waals surface area contributed by atoms with Gasteiger partial charge < -0.3 is 0 Å². The van der Waals surface area contributed by atoms with Crippen molar-refractivity contribution in [1.29, 1.82) is 0 Å². The van der Waals surface area contributed by atoms with Gasteiger partial charge >= 0.3 is 0 Å². The highest BCUT2D eigenvalue weighted by Gasteiger charge is 2.34. The molecule has 6 heteroatoms. The number of para-hydroxylation sites is 1. The first-order valence-corrected chi connectivity index (χ1v) is 8.50. The fraction of sp³-hybridized carbons (Fsp3) is 0.400. The number of sulfonamides is 1. The maximum Gasteiger partial charge on any atom is 0.267 e. The molecule has 3 rings (SSSR count). The molecule has 112 valence electrons. The first-order chi connectivity index (χ1) is 9.93. The standard InChI is InChI=1S/C15H19N3O2S/c1-10-8-9-18(14-7-5-4-6-13(10)14)21(19,20)15-11(2)16-17-12(15)3/h4-7,10H,8-9H2,1-3H3,(H,16,17). The van der Waals surface area contributed by atoms with E-state index in [0.717, 1.165) is 17.7 Å². The van der Waals surface area contributed by atoms with E-state index < -0.39 is 10.0 Å². The molecule has 5 nitrogen and oxygen atoms in total. The summed E-state index contributed by atoms with van der Waals surface area (Å²) in [6, 6.07) is 7.73. The molecule has 1 atom stereocenters. The van der Waals surface area contributed by atoms with Crippen LogP contribution in [0.15, 0.2) is 29.2 Å². The second-order valence-electron chi connectivity index (χ2n) is 5.59. The molecule has 0 spiro atoms. The second kappa shape index (κ2) is 4.87. The van der Waals surface area contributed by atoms with E-state index in [1.54, 1.807) is 13.8 Å². The number of aromatic nitrogens is 2. The van der Waals surface area contributed by atoms with E-state index in [4.69, 9.17) is 0 Å². The van der Waals surface area contributed by atoms with E-state index in [1.165, 1.54) is 4.31 Å². The van der Waals surface area contributed by atoms with E-state index in [1.807, 2.05) is 24.3 Å². The number of benzene rings is 1. The van der Waals surface area contributed by atoms with Crippen molar-refractivity contribution in [3.63, 3.8) is 0 Å². The number of aromatic amines is 1. The minimum atomic E-state index is -3.58. The van der Waals surface area contributed by atoms with Crippen molar-refractivity contribution in [1.82, 2.24) is 10.2 Å². The predicted molar refractivity (Wildman–Crippen MR) is 82.1 cm³/mol. The lowest BCUT2D eigenvalue weighted by atomic mass is 9.93.